The van der Waals surface area contributed by atoms with Crippen LogP contribution in [0.4, 0.5) is 5.69 Å². The lowest BCUT2D eigenvalue weighted by atomic mass is 9.98. The topological polar surface area (TPSA) is 55.1 Å². The second-order valence-electron chi connectivity index (χ2n) is 4.95. The van der Waals surface area contributed by atoms with E-state index < -0.39 is 5.54 Å². The summed E-state index contributed by atoms with van der Waals surface area (Å²) in [5.74, 6) is 0.951. The lowest BCUT2D eigenvalue weighted by Gasteiger charge is -2.22. The molecule has 0 heterocycles. The number of thioether (sulfide) groups is 1. The Labute approximate surface area is 113 Å². The van der Waals surface area contributed by atoms with E-state index in [2.05, 4.69) is 11.6 Å². The molecule has 0 aliphatic heterocycles. The van der Waals surface area contributed by atoms with Gasteiger partial charge in [0.1, 0.15) is 0 Å². The number of nitrogens with one attached hydrogen (secondary N) is 1. The monoisotopic (exact) mass is 264 g/mol. The molecule has 2 rings (SSSR count). The molecule has 0 spiro atoms. The summed E-state index contributed by atoms with van der Waals surface area (Å²) in [5.41, 5.74) is 7.56. The summed E-state index contributed by atoms with van der Waals surface area (Å²) in [6.45, 7) is 0. The van der Waals surface area contributed by atoms with Gasteiger partial charge in [-0.15, -0.1) is 0 Å². The van der Waals surface area contributed by atoms with E-state index >= 15 is 0 Å². The highest BCUT2D eigenvalue weighted by Crippen LogP contribution is 2.28. The molecule has 1 saturated carbocycles. The minimum atomic E-state index is -0.655. The van der Waals surface area contributed by atoms with Crippen LogP contribution in [0.25, 0.3) is 0 Å². The van der Waals surface area contributed by atoms with Gasteiger partial charge in [-0.2, -0.15) is 11.8 Å². The van der Waals surface area contributed by atoms with Crippen LogP contribution < -0.4 is 11.1 Å². The van der Waals surface area contributed by atoms with Gasteiger partial charge in [0, 0.05) is 11.4 Å². The molecule has 3 nitrogen and oxygen atoms in total. The Morgan fingerprint density at radius 3 is 2.50 bits per heavy atom. The van der Waals surface area contributed by atoms with E-state index in [1.54, 1.807) is 11.8 Å². The van der Waals surface area contributed by atoms with Crippen LogP contribution in [0.1, 0.15) is 31.2 Å². The zero-order valence-electron chi connectivity index (χ0n) is 10.7. The Morgan fingerprint density at radius 1 is 1.33 bits per heavy atom. The van der Waals surface area contributed by atoms with Crippen molar-refractivity contribution in [3.8, 4) is 0 Å². The van der Waals surface area contributed by atoms with Crippen LogP contribution in [0, 0.1) is 0 Å². The van der Waals surface area contributed by atoms with Gasteiger partial charge in [-0.3, -0.25) is 4.79 Å². The summed E-state index contributed by atoms with van der Waals surface area (Å²) in [6, 6.07) is 7.98. The Morgan fingerprint density at radius 2 is 1.94 bits per heavy atom. The van der Waals surface area contributed by atoms with Crippen LogP contribution in [-0.4, -0.2) is 17.7 Å². The Balaban J connectivity index is 1.98. The van der Waals surface area contributed by atoms with E-state index in [9.17, 15) is 4.79 Å². The van der Waals surface area contributed by atoms with E-state index in [0.717, 1.165) is 37.1 Å². The van der Waals surface area contributed by atoms with Gasteiger partial charge in [0.2, 0.25) is 5.91 Å². The number of rotatable bonds is 4. The van der Waals surface area contributed by atoms with E-state index in [4.69, 9.17) is 5.73 Å². The van der Waals surface area contributed by atoms with Crippen LogP contribution >= 0.6 is 11.8 Å². The number of carbonyl (C=O) groups is 1. The van der Waals surface area contributed by atoms with Crippen molar-refractivity contribution in [2.75, 3.05) is 11.6 Å². The molecule has 1 fully saturated rings. The van der Waals surface area contributed by atoms with Gasteiger partial charge < -0.3 is 11.1 Å². The summed E-state index contributed by atoms with van der Waals surface area (Å²) >= 11 is 1.79. The molecule has 0 aromatic heterocycles. The van der Waals surface area contributed by atoms with Crippen molar-refractivity contribution in [3.05, 3.63) is 29.8 Å². The first-order chi connectivity index (χ1) is 8.64. The van der Waals surface area contributed by atoms with Gasteiger partial charge in [0.15, 0.2) is 0 Å². The Hall–Kier alpha value is -1.00. The number of amides is 1. The van der Waals surface area contributed by atoms with Gasteiger partial charge in [-0.1, -0.05) is 25.0 Å². The van der Waals surface area contributed by atoms with Crippen LogP contribution in [0.15, 0.2) is 24.3 Å². The molecule has 18 heavy (non-hydrogen) atoms. The van der Waals surface area contributed by atoms with Gasteiger partial charge in [0.05, 0.1) is 5.54 Å². The fourth-order valence-electron chi connectivity index (χ4n) is 2.34. The minimum Gasteiger partial charge on any atom is -0.324 e. The molecule has 3 N–H and O–H groups in total. The number of hydrogen-bond acceptors (Lipinski definition) is 3. The Bertz CT molecular complexity index is 410. The molecule has 1 aromatic rings. The lowest BCUT2D eigenvalue weighted by molar-refractivity contribution is -0.121. The fraction of sp³-hybridized carbons (Fsp3) is 0.500. The van der Waals surface area contributed by atoms with Gasteiger partial charge in [-0.05, 0) is 36.8 Å². The zero-order chi connectivity index (χ0) is 13.0. The first-order valence-electron chi connectivity index (χ1n) is 6.32. The lowest BCUT2D eigenvalue weighted by Crippen LogP contribution is -2.48. The van der Waals surface area contributed by atoms with Crippen LogP contribution in [0.5, 0.6) is 0 Å². The first kappa shape index (κ1) is 13.4. The predicted molar refractivity (Wildman–Crippen MR) is 77.7 cm³/mol. The summed E-state index contributed by atoms with van der Waals surface area (Å²) in [5, 5.41) is 2.92. The molecule has 0 saturated heterocycles. The van der Waals surface area contributed by atoms with Crippen molar-refractivity contribution in [1.29, 1.82) is 0 Å². The van der Waals surface area contributed by atoms with Crippen LogP contribution in [-0.2, 0) is 10.5 Å². The third kappa shape index (κ3) is 3.06. The highest BCUT2D eigenvalue weighted by molar-refractivity contribution is 7.97. The molecule has 1 aliphatic rings. The van der Waals surface area contributed by atoms with E-state index in [1.807, 2.05) is 24.3 Å². The standard InChI is InChI=1S/C14H20N2OS/c1-18-10-11-4-6-12(7-5-11)16-13(17)14(15)8-2-3-9-14/h4-7H,2-3,8-10,15H2,1H3,(H,16,17). The number of carbonyl (C=O) groups excluding carboxylic acids is 1. The molecule has 0 atom stereocenters. The smallest absolute Gasteiger partial charge is 0.244 e. The predicted octanol–water partition coefficient (Wildman–Crippen LogP) is 2.76. The molecule has 1 aliphatic carbocycles. The second-order valence-corrected chi connectivity index (χ2v) is 5.81. The minimum absolute atomic E-state index is 0.0439. The SMILES string of the molecule is CSCc1ccc(NC(=O)C2(N)CCCC2)cc1. The summed E-state index contributed by atoms with van der Waals surface area (Å²) in [6.07, 6.45) is 5.77. The van der Waals surface area contributed by atoms with Crippen LogP contribution in [0.3, 0.4) is 0 Å². The highest BCUT2D eigenvalue weighted by Gasteiger charge is 2.36. The van der Waals surface area contributed by atoms with Crippen molar-refractivity contribution >= 4 is 23.4 Å². The normalized spacial score (nSPS) is 17.7. The number of nitrogens with two attached hydrogens (primary N) is 1. The van der Waals surface area contributed by atoms with Gasteiger partial charge >= 0.3 is 0 Å². The number of anilines is 1. The summed E-state index contributed by atoms with van der Waals surface area (Å²) in [7, 11) is 0. The van der Waals surface area contributed by atoms with E-state index in [1.165, 1.54) is 5.56 Å². The molecule has 0 bridgehead atoms. The first-order valence-corrected chi connectivity index (χ1v) is 7.72. The number of hydrogen-bond donors (Lipinski definition) is 2. The number of benzene rings is 1. The largest absolute Gasteiger partial charge is 0.324 e. The third-order valence-electron chi connectivity index (χ3n) is 3.47. The van der Waals surface area contributed by atoms with Crippen LogP contribution in [0.2, 0.25) is 0 Å². The molecular weight excluding hydrogens is 244 g/mol. The molecule has 1 aromatic carbocycles. The molecule has 0 radical (unpaired) electrons. The second kappa shape index (κ2) is 5.76. The molecule has 1 amide bonds. The van der Waals surface area contributed by atoms with Crippen molar-refractivity contribution in [2.45, 2.75) is 37.0 Å². The van der Waals surface area contributed by atoms with Crippen molar-refractivity contribution in [3.63, 3.8) is 0 Å². The average molecular weight is 264 g/mol. The van der Waals surface area contributed by atoms with E-state index in [-0.39, 0.29) is 5.91 Å². The maximum absolute atomic E-state index is 12.1. The molecular formula is C14H20N2OS. The average Bonchev–Trinajstić information content (AvgIpc) is 2.80. The zero-order valence-corrected chi connectivity index (χ0v) is 11.6. The maximum atomic E-state index is 12.1. The van der Waals surface area contributed by atoms with Crippen molar-refractivity contribution < 1.29 is 4.79 Å². The Kier molecular flexibility index (Phi) is 4.30. The maximum Gasteiger partial charge on any atom is 0.244 e. The molecule has 98 valence electrons. The summed E-state index contributed by atoms with van der Waals surface area (Å²) in [4.78, 5) is 12.1. The molecule has 4 heteroatoms. The quantitative estimate of drug-likeness (QED) is 0.879. The highest BCUT2D eigenvalue weighted by atomic mass is 32.2. The molecule has 0 unspecified atom stereocenters. The van der Waals surface area contributed by atoms with Gasteiger partial charge in [0.25, 0.3) is 0 Å². The van der Waals surface area contributed by atoms with E-state index in [0.29, 0.717) is 0 Å². The van der Waals surface area contributed by atoms with Crippen molar-refractivity contribution in [2.24, 2.45) is 5.73 Å². The summed E-state index contributed by atoms with van der Waals surface area (Å²) < 4.78 is 0. The fourth-order valence-corrected chi connectivity index (χ4v) is 2.87. The van der Waals surface area contributed by atoms with Gasteiger partial charge in [-0.25, -0.2) is 0 Å². The third-order valence-corrected chi connectivity index (χ3v) is 4.09. The van der Waals surface area contributed by atoms with Crippen molar-refractivity contribution in [1.82, 2.24) is 0 Å².